The smallest absolute Gasteiger partial charge is 0.343 e. The Bertz CT molecular complexity index is 444. The zero-order valence-electron chi connectivity index (χ0n) is 11.2. The number of ether oxygens (including phenoxy) is 2. The number of nitrogens with two attached hydrogens (primary N) is 1. The lowest BCUT2D eigenvalue weighted by Gasteiger charge is -2.25. The van der Waals surface area contributed by atoms with Crippen LogP contribution in [0.3, 0.4) is 0 Å². The van der Waals surface area contributed by atoms with E-state index in [9.17, 15) is 4.79 Å². The number of nitrogen functional groups attached to an aromatic ring is 1. The SMILES string of the molecule is CCOC(=O)c1cc(N)cnc1OCCC1CCC1. The maximum absolute atomic E-state index is 11.8. The van der Waals surface area contributed by atoms with Gasteiger partial charge in [-0.1, -0.05) is 19.3 Å². The van der Waals surface area contributed by atoms with E-state index in [1.54, 1.807) is 13.0 Å². The predicted octanol–water partition coefficient (Wildman–Crippen LogP) is 2.41. The number of anilines is 1. The molecule has 0 spiro atoms. The Balaban J connectivity index is 1.98. The van der Waals surface area contributed by atoms with Crippen LogP contribution in [-0.2, 0) is 4.74 Å². The molecule has 0 radical (unpaired) electrons. The first-order valence-corrected chi connectivity index (χ1v) is 6.76. The van der Waals surface area contributed by atoms with Crippen LogP contribution in [0, 0.1) is 5.92 Å². The van der Waals surface area contributed by atoms with Gasteiger partial charge in [-0.25, -0.2) is 9.78 Å². The highest BCUT2D eigenvalue weighted by atomic mass is 16.5. The Hall–Kier alpha value is -1.78. The minimum atomic E-state index is -0.444. The van der Waals surface area contributed by atoms with Gasteiger partial charge < -0.3 is 15.2 Å². The summed E-state index contributed by atoms with van der Waals surface area (Å²) in [4.78, 5) is 15.9. The van der Waals surface area contributed by atoms with Crippen molar-refractivity contribution in [2.24, 2.45) is 5.92 Å². The summed E-state index contributed by atoms with van der Waals surface area (Å²) in [6.45, 7) is 2.65. The summed E-state index contributed by atoms with van der Waals surface area (Å²) in [5, 5.41) is 0. The van der Waals surface area contributed by atoms with Crippen molar-refractivity contribution >= 4 is 11.7 Å². The minimum Gasteiger partial charge on any atom is -0.477 e. The maximum Gasteiger partial charge on any atom is 0.343 e. The number of hydrogen-bond donors (Lipinski definition) is 1. The first-order valence-electron chi connectivity index (χ1n) is 6.76. The molecule has 1 aliphatic rings. The lowest BCUT2D eigenvalue weighted by Crippen LogP contribution is -2.16. The van der Waals surface area contributed by atoms with Gasteiger partial charge in [-0.2, -0.15) is 0 Å². The molecule has 0 amide bonds. The van der Waals surface area contributed by atoms with Crippen LogP contribution in [0.5, 0.6) is 5.88 Å². The molecule has 1 heterocycles. The number of nitrogens with zero attached hydrogens (tertiary/aromatic N) is 1. The molecule has 0 bridgehead atoms. The Morgan fingerprint density at radius 3 is 2.95 bits per heavy atom. The van der Waals surface area contributed by atoms with Gasteiger partial charge in [-0.15, -0.1) is 0 Å². The molecule has 19 heavy (non-hydrogen) atoms. The number of carbonyl (C=O) groups is 1. The molecule has 1 aromatic rings. The van der Waals surface area contributed by atoms with Gasteiger partial charge in [0.2, 0.25) is 5.88 Å². The molecule has 0 saturated heterocycles. The van der Waals surface area contributed by atoms with Gasteiger partial charge >= 0.3 is 5.97 Å². The third-order valence-electron chi connectivity index (χ3n) is 3.36. The molecule has 5 heteroatoms. The highest BCUT2D eigenvalue weighted by Gasteiger charge is 2.19. The van der Waals surface area contributed by atoms with E-state index in [1.807, 2.05) is 0 Å². The lowest BCUT2D eigenvalue weighted by atomic mass is 9.83. The summed E-state index contributed by atoms with van der Waals surface area (Å²) in [6, 6.07) is 1.55. The van der Waals surface area contributed by atoms with Crippen LogP contribution in [0.2, 0.25) is 0 Å². The van der Waals surface area contributed by atoms with Gasteiger partial charge in [-0.3, -0.25) is 0 Å². The third kappa shape index (κ3) is 3.59. The normalized spacial score (nSPS) is 14.8. The topological polar surface area (TPSA) is 74.4 Å². The first-order chi connectivity index (χ1) is 9.20. The van der Waals surface area contributed by atoms with Crippen molar-refractivity contribution < 1.29 is 14.3 Å². The van der Waals surface area contributed by atoms with Gasteiger partial charge in [0.15, 0.2) is 0 Å². The number of hydrogen-bond acceptors (Lipinski definition) is 5. The second kappa shape index (κ2) is 6.41. The summed E-state index contributed by atoms with van der Waals surface area (Å²) in [6.07, 6.45) is 6.38. The van der Waals surface area contributed by atoms with Crippen molar-refractivity contribution in [2.75, 3.05) is 18.9 Å². The number of rotatable bonds is 6. The summed E-state index contributed by atoms with van der Waals surface area (Å²) in [5.41, 5.74) is 6.37. The summed E-state index contributed by atoms with van der Waals surface area (Å²) < 4.78 is 10.6. The predicted molar refractivity (Wildman–Crippen MR) is 72.1 cm³/mol. The second-order valence-electron chi connectivity index (χ2n) is 4.78. The van der Waals surface area contributed by atoms with Crippen molar-refractivity contribution in [1.82, 2.24) is 4.98 Å². The van der Waals surface area contributed by atoms with Gasteiger partial charge in [-0.05, 0) is 25.3 Å². The molecule has 104 valence electrons. The quantitative estimate of drug-likeness (QED) is 0.799. The summed E-state index contributed by atoms with van der Waals surface area (Å²) in [5.74, 6) is 0.632. The van der Waals surface area contributed by atoms with Crippen molar-refractivity contribution in [2.45, 2.75) is 32.6 Å². The van der Waals surface area contributed by atoms with Crippen LogP contribution in [0.4, 0.5) is 5.69 Å². The highest BCUT2D eigenvalue weighted by Crippen LogP contribution is 2.29. The standard InChI is InChI=1S/C14H20N2O3/c1-2-18-14(17)12-8-11(15)9-16-13(12)19-7-6-10-4-3-5-10/h8-10H,2-7,15H2,1H3. The molecular formula is C14H20N2O3. The molecule has 1 saturated carbocycles. The average Bonchev–Trinajstić information content (AvgIpc) is 2.34. The van der Waals surface area contributed by atoms with E-state index in [4.69, 9.17) is 15.2 Å². The number of carbonyl (C=O) groups excluding carboxylic acids is 1. The summed E-state index contributed by atoms with van der Waals surface area (Å²) in [7, 11) is 0. The molecule has 1 aromatic heterocycles. The van der Waals surface area contributed by atoms with Gasteiger partial charge in [0, 0.05) is 0 Å². The third-order valence-corrected chi connectivity index (χ3v) is 3.36. The van der Waals surface area contributed by atoms with Crippen molar-refractivity contribution in [3.05, 3.63) is 17.8 Å². The van der Waals surface area contributed by atoms with Gasteiger partial charge in [0.05, 0.1) is 25.1 Å². The van der Waals surface area contributed by atoms with Crippen LogP contribution in [0.15, 0.2) is 12.3 Å². The highest BCUT2D eigenvalue weighted by molar-refractivity contribution is 5.92. The molecule has 0 unspecified atom stereocenters. The minimum absolute atomic E-state index is 0.301. The molecule has 1 aliphatic carbocycles. The van der Waals surface area contributed by atoms with Crippen molar-refractivity contribution in [3.8, 4) is 5.88 Å². The number of pyridine rings is 1. The Labute approximate surface area is 113 Å². The molecule has 2 N–H and O–H groups in total. The lowest BCUT2D eigenvalue weighted by molar-refractivity contribution is 0.0520. The van der Waals surface area contributed by atoms with Crippen LogP contribution in [0.1, 0.15) is 43.0 Å². The average molecular weight is 264 g/mol. The Kier molecular flexibility index (Phi) is 4.60. The van der Waals surface area contributed by atoms with E-state index in [1.165, 1.54) is 25.5 Å². The first kappa shape index (κ1) is 13.6. The van der Waals surface area contributed by atoms with Crippen molar-refractivity contribution in [1.29, 1.82) is 0 Å². The molecular weight excluding hydrogens is 244 g/mol. The Morgan fingerprint density at radius 2 is 2.32 bits per heavy atom. The Morgan fingerprint density at radius 1 is 1.53 bits per heavy atom. The fraction of sp³-hybridized carbons (Fsp3) is 0.571. The maximum atomic E-state index is 11.8. The molecule has 0 atom stereocenters. The van der Waals surface area contributed by atoms with E-state index in [0.717, 1.165) is 12.3 Å². The van der Waals surface area contributed by atoms with Gasteiger partial charge in [0.1, 0.15) is 5.56 Å². The largest absolute Gasteiger partial charge is 0.477 e. The molecule has 0 aromatic carbocycles. The summed E-state index contributed by atoms with van der Waals surface area (Å²) >= 11 is 0. The van der Waals surface area contributed by atoms with E-state index >= 15 is 0 Å². The second-order valence-corrected chi connectivity index (χ2v) is 4.78. The molecule has 1 fully saturated rings. The van der Waals surface area contributed by atoms with Crippen LogP contribution in [-0.4, -0.2) is 24.2 Å². The number of aromatic nitrogens is 1. The molecule has 5 nitrogen and oxygen atoms in total. The van der Waals surface area contributed by atoms with E-state index in [-0.39, 0.29) is 0 Å². The van der Waals surface area contributed by atoms with E-state index in [0.29, 0.717) is 30.3 Å². The zero-order chi connectivity index (χ0) is 13.7. The van der Waals surface area contributed by atoms with E-state index in [2.05, 4.69) is 4.98 Å². The van der Waals surface area contributed by atoms with E-state index < -0.39 is 5.97 Å². The number of esters is 1. The zero-order valence-corrected chi connectivity index (χ0v) is 11.2. The van der Waals surface area contributed by atoms with Crippen LogP contribution < -0.4 is 10.5 Å². The van der Waals surface area contributed by atoms with Crippen LogP contribution >= 0.6 is 0 Å². The van der Waals surface area contributed by atoms with Crippen molar-refractivity contribution in [3.63, 3.8) is 0 Å². The molecule has 0 aliphatic heterocycles. The van der Waals surface area contributed by atoms with Crippen LogP contribution in [0.25, 0.3) is 0 Å². The monoisotopic (exact) mass is 264 g/mol. The fourth-order valence-electron chi connectivity index (χ4n) is 2.04. The van der Waals surface area contributed by atoms with Gasteiger partial charge in [0.25, 0.3) is 0 Å². The molecule has 2 rings (SSSR count). The fourth-order valence-corrected chi connectivity index (χ4v) is 2.04.